The van der Waals surface area contributed by atoms with Crippen molar-refractivity contribution < 1.29 is 23.5 Å². The van der Waals surface area contributed by atoms with Crippen molar-refractivity contribution in [3.63, 3.8) is 0 Å². The predicted octanol–water partition coefficient (Wildman–Crippen LogP) is 2.55. The standard InChI is InChI=1S/C19H20N2O5/c1-2-21(19(23)8-6-15-4-3-9-24-15)13-18(22)20-14-5-7-16-17(12-14)26-11-10-25-16/h3-9,12H,2,10-11,13H2,1H3,(H,20,22). The summed E-state index contributed by atoms with van der Waals surface area (Å²) in [6, 6.07) is 8.68. The smallest absolute Gasteiger partial charge is 0.247 e. The summed E-state index contributed by atoms with van der Waals surface area (Å²) in [6.07, 6.45) is 4.49. The molecule has 3 rings (SSSR count). The quantitative estimate of drug-likeness (QED) is 0.805. The van der Waals surface area contributed by atoms with Gasteiger partial charge in [-0.3, -0.25) is 9.59 Å². The molecule has 7 nitrogen and oxygen atoms in total. The minimum atomic E-state index is -0.289. The second-order valence-electron chi connectivity index (χ2n) is 5.61. The molecular weight excluding hydrogens is 336 g/mol. The van der Waals surface area contributed by atoms with Crippen molar-refractivity contribution in [2.45, 2.75) is 6.92 Å². The van der Waals surface area contributed by atoms with Gasteiger partial charge in [-0.25, -0.2) is 0 Å². The number of benzene rings is 1. The van der Waals surface area contributed by atoms with Gasteiger partial charge in [0.1, 0.15) is 25.5 Å². The Kier molecular flexibility index (Phi) is 5.58. The number of hydrogen-bond acceptors (Lipinski definition) is 5. The van der Waals surface area contributed by atoms with Crippen LogP contribution in [0.4, 0.5) is 5.69 Å². The van der Waals surface area contributed by atoms with Gasteiger partial charge in [0.05, 0.1) is 6.26 Å². The van der Waals surface area contributed by atoms with Gasteiger partial charge in [-0.05, 0) is 37.3 Å². The maximum atomic E-state index is 12.3. The fourth-order valence-electron chi connectivity index (χ4n) is 2.49. The van der Waals surface area contributed by atoms with Gasteiger partial charge in [-0.2, -0.15) is 0 Å². The van der Waals surface area contributed by atoms with Gasteiger partial charge in [-0.15, -0.1) is 0 Å². The number of ether oxygens (including phenoxy) is 2. The molecule has 0 saturated carbocycles. The van der Waals surface area contributed by atoms with Gasteiger partial charge in [0.2, 0.25) is 11.8 Å². The lowest BCUT2D eigenvalue weighted by atomic mass is 10.2. The number of nitrogens with one attached hydrogen (secondary N) is 1. The maximum absolute atomic E-state index is 12.3. The molecule has 136 valence electrons. The zero-order valence-electron chi connectivity index (χ0n) is 14.4. The number of anilines is 1. The molecule has 1 aromatic carbocycles. The van der Waals surface area contributed by atoms with E-state index in [1.165, 1.54) is 17.2 Å². The molecule has 0 bridgehead atoms. The Labute approximate surface area is 151 Å². The van der Waals surface area contributed by atoms with Crippen LogP contribution in [0.25, 0.3) is 6.08 Å². The van der Waals surface area contributed by atoms with Crippen LogP contribution < -0.4 is 14.8 Å². The van der Waals surface area contributed by atoms with Crippen LogP contribution >= 0.6 is 0 Å². The van der Waals surface area contributed by atoms with E-state index >= 15 is 0 Å². The van der Waals surface area contributed by atoms with E-state index in [1.807, 2.05) is 6.92 Å². The van der Waals surface area contributed by atoms with Crippen molar-refractivity contribution in [3.8, 4) is 11.5 Å². The molecule has 0 fully saturated rings. The first-order chi connectivity index (χ1) is 12.7. The number of rotatable bonds is 6. The number of amides is 2. The van der Waals surface area contributed by atoms with Crippen molar-refractivity contribution in [1.82, 2.24) is 4.90 Å². The zero-order chi connectivity index (χ0) is 18.4. The average Bonchev–Trinajstić information content (AvgIpc) is 3.17. The van der Waals surface area contributed by atoms with Gasteiger partial charge in [0.25, 0.3) is 0 Å². The van der Waals surface area contributed by atoms with E-state index in [-0.39, 0.29) is 18.4 Å². The van der Waals surface area contributed by atoms with E-state index in [1.54, 1.807) is 36.4 Å². The third kappa shape index (κ3) is 4.44. The summed E-state index contributed by atoms with van der Waals surface area (Å²) < 4.78 is 16.1. The van der Waals surface area contributed by atoms with Crippen molar-refractivity contribution in [1.29, 1.82) is 0 Å². The van der Waals surface area contributed by atoms with Crippen LogP contribution in [0.5, 0.6) is 11.5 Å². The van der Waals surface area contributed by atoms with E-state index in [0.29, 0.717) is 42.7 Å². The highest BCUT2D eigenvalue weighted by Crippen LogP contribution is 2.32. The largest absolute Gasteiger partial charge is 0.486 e. The lowest BCUT2D eigenvalue weighted by molar-refractivity contribution is -0.130. The predicted molar refractivity (Wildman–Crippen MR) is 96.1 cm³/mol. The van der Waals surface area contributed by atoms with Gasteiger partial charge in [0, 0.05) is 24.4 Å². The maximum Gasteiger partial charge on any atom is 0.247 e. The second-order valence-corrected chi connectivity index (χ2v) is 5.61. The molecule has 1 N–H and O–H groups in total. The molecular formula is C19H20N2O5. The first-order valence-electron chi connectivity index (χ1n) is 8.35. The molecule has 0 spiro atoms. The molecule has 2 heterocycles. The van der Waals surface area contributed by atoms with Crippen molar-refractivity contribution in [2.24, 2.45) is 0 Å². The molecule has 0 aliphatic carbocycles. The highest BCUT2D eigenvalue weighted by molar-refractivity contribution is 5.98. The van der Waals surface area contributed by atoms with Crippen molar-refractivity contribution >= 4 is 23.6 Å². The SMILES string of the molecule is CCN(CC(=O)Nc1ccc2c(c1)OCCO2)C(=O)C=Cc1ccco1. The summed E-state index contributed by atoms with van der Waals surface area (Å²) >= 11 is 0. The number of hydrogen-bond donors (Lipinski definition) is 1. The highest BCUT2D eigenvalue weighted by Gasteiger charge is 2.16. The summed E-state index contributed by atoms with van der Waals surface area (Å²) in [5.74, 6) is 1.28. The molecule has 26 heavy (non-hydrogen) atoms. The monoisotopic (exact) mass is 356 g/mol. The van der Waals surface area contributed by atoms with Crippen molar-refractivity contribution in [3.05, 3.63) is 48.4 Å². The van der Waals surface area contributed by atoms with Gasteiger partial charge >= 0.3 is 0 Å². The molecule has 7 heteroatoms. The van der Waals surface area contributed by atoms with Crippen LogP contribution in [0.2, 0.25) is 0 Å². The van der Waals surface area contributed by atoms with Crippen LogP contribution in [-0.2, 0) is 9.59 Å². The van der Waals surface area contributed by atoms with E-state index in [2.05, 4.69) is 5.32 Å². The Morgan fingerprint density at radius 3 is 2.73 bits per heavy atom. The number of carbonyl (C=O) groups excluding carboxylic acids is 2. The fourth-order valence-corrected chi connectivity index (χ4v) is 2.49. The highest BCUT2D eigenvalue weighted by atomic mass is 16.6. The summed E-state index contributed by atoms with van der Waals surface area (Å²) in [6.45, 7) is 3.17. The third-order valence-electron chi connectivity index (χ3n) is 3.79. The van der Waals surface area contributed by atoms with Crippen LogP contribution in [0.3, 0.4) is 0 Å². The number of carbonyl (C=O) groups is 2. The van der Waals surface area contributed by atoms with Crippen LogP contribution in [0.1, 0.15) is 12.7 Å². The van der Waals surface area contributed by atoms with E-state index < -0.39 is 0 Å². The normalized spacial score (nSPS) is 12.8. The lowest BCUT2D eigenvalue weighted by Crippen LogP contribution is -2.36. The molecule has 0 saturated heterocycles. The minimum Gasteiger partial charge on any atom is -0.486 e. The minimum absolute atomic E-state index is 0.0493. The van der Waals surface area contributed by atoms with E-state index in [0.717, 1.165) is 0 Å². The third-order valence-corrected chi connectivity index (χ3v) is 3.79. The zero-order valence-corrected chi connectivity index (χ0v) is 14.4. The van der Waals surface area contributed by atoms with Gasteiger partial charge < -0.3 is 24.1 Å². The van der Waals surface area contributed by atoms with Gasteiger partial charge in [-0.1, -0.05) is 0 Å². The number of furan rings is 1. The summed E-state index contributed by atoms with van der Waals surface area (Å²) in [5.41, 5.74) is 0.592. The molecule has 1 aliphatic rings. The lowest BCUT2D eigenvalue weighted by Gasteiger charge is -2.20. The number of likely N-dealkylation sites (N-methyl/N-ethyl adjacent to an activating group) is 1. The van der Waals surface area contributed by atoms with Crippen LogP contribution in [-0.4, -0.2) is 43.0 Å². The Hall–Kier alpha value is -3.22. The average molecular weight is 356 g/mol. The molecule has 2 aromatic rings. The number of nitrogens with zero attached hydrogens (tertiary/aromatic N) is 1. The van der Waals surface area contributed by atoms with Crippen molar-refractivity contribution in [2.75, 3.05) is 31.6 Å². The second kappa shape index (κ2) is 8.24. The Balaban J connectivity index is 1.58. The molecule has 1 aromatic heterocycles. The number of fused-ring (bicyclic) bond motifs is 1. The fraction of sp³-hybridized carbons (Fsp3) is 0.263. The topological polar surface area (TPSA) is 81.0 Å². The Morgan fingerprint density at radius 1 is 1.19 bits per heavy atom. The molecule has 0 radical (unpaired) electrons. The Bertz CT molecular complexity index is 798. The molecule has 0 unspecified atom stereocenters. The molecule has 0 atom stereocenters. The van der Waals surface area contributed by atoms with Crippen LogP contribution in [0.15, 0.2) is 47.1 Å². The summed E-state index contributed by atoms with van der Waals surface area (Å²) in [4.78, 5) is 25.9. The summed E-state index contributed by atoms with van der Waals surface area (Å²) in [7, 11) is 0. The van der Waals surface area contributed by atoms with Crippen LogP contribution in [0, 0.1) is 0 Å². The first-order valence-corrected chi connectivity index (χ1v) is 8.35. The Morgan fingerprint density at radius 2 is 2.00 bits per heavy atom. The van der Waals surface area contributed by atoms with E-state index in [4.69, 9.17) is 13.9 Å². The van der Waals surface area contributed by atoms with E-state index in [9.17, 15) is 9.59 Å². The van der Waals surface area contributed by atoms with Gasteiger partial charge in [0.15, 0.2) is 11.5 Å². The molecule has 1 aliphatic heterocycles. The summed E-state index contributed by atoms with van der Waals surface area (Å²) in [5, 5.41) is 2.77. The molecule has 2 amide bonds. The first kappa shape index (κ1) is 17.6.